The van der Waals surface area contributed by atoms with E-state index in [-0.39, 0.29) is 31.5 Å². The molecule has 0 spiro atoms. The lowest BCUT2D eigenvalue weighted by Gasteiger charge is -2.24. The Morgan fingerprint density at radius 1 is 1.19 bits per heavy atom. The van der Waals surface area contributed by atoms with Crippen molar-refractivity contribution in [2.24, 2.45) is 5.73 Å². The van der Waals surface area contributed by atoms with Crippen molar-refractivity contribution in [2.45, 2.75) is 19.4 Å². The van der Waals surface area contributed by atoms with E-state index in [0.29, 0.717) is 10.7 Å². The molecule has 5 nitrogen and oxygen atoms in total. The molecule has 0 aromatic heterocycles. The minimum atomic E-state index is -0.512. The SMILES string of the molecule is CC(NCC(=O)N(CCC(N)=O)c1ccc(F)cc1)c1ccccc1Cl. The van der Waals surface area contributed by atoms with Crippen molar-refractivity contribution in [1.29, 1.82) is 0 Å². The van der Waals surface area contributed by atoms with Crippen molar-refractivity contribution in [1.82, 2.24) is 5.32 Å². The van der Waals surface area contributed by atoms with Gasteiger partial charge in [0, 0.05) is 29.7 Å². The average Bonchev–Trinajstić information content (AvgIpc) is 2.61. The molecular formula is C19H21ClFN3O2. The summed E-state index contributed by atoms with van der Waals surface area (Å²) in [6.07, 6.45) is 0.0170. The highest BCUT2D eigenvalue weighted by atomic mass is 35.5. The number of hydrogen-bond donors (Lipinski definition) is 2. The lowest BCUT2D eigenvalue weighted by molar-refractivity contribution is -0.118. The normalized spacial score (nSPS) is 11.8. The number of nitrogens with zero attached hydrogens (tertiary/aromatic N) is 1. The minimum absolute atomic E-state index is 0.0170. The second kappa shape index (κ2) is 9.31. The second-order valence-corrected chi connectivity index (χ2v) is 6.27. The highest BCUT2D eigenvalue weighted by Gasteiger charge is 2.18. The molecule has 1 unspecified atom stereocenters. The van der Waals surface area contributed by atoms with Crippen molar-refractivity contribution in [3.05, 3.63) is 64.9 Å². The minimum Gasteiger partial charge on any atom is -0.370 e. The molecule has 3 N–H and O–H groups in total. The van der Waals surface area contributed by atoms with Gasteiger partial charge in [-0.25, -0.2) is 4.39 Å². The van der Waals surface area contributed by atoms with Crippen LogP contribution in [0, 0.1) is 5.82 Å². The van der Waals surface area contributed by atoms with Crippen LogP contribution in [0.15, 0.2) is 48.5 Å². The first kappa shape index (κ1) is 19.9. The third kappa shape index (κ3) is 5.54. The van der Waals surface area contributed by atoms with Gasteiger partial charge in [-0.05, 0) is 42.8 Å². The van der Waals surface area contributed by atoms with Crippen LogP contribution in [0.2, 0.25) is 5.02 Å². The standard InChI is InChI=1S/C19H21ClFN3O2/c1-13(16-4-2-3-5-17(16)20)23-12-19(26)24(11-10-18(22)25)15-8-6-14(21)7-9-15/h2-9,13,23H,10-12H2,1H3,(H2,22,25). The fraction of sp³-hybridized carbons (Fsp3) is 0.263. The summed E-state index contributed by atoms with van der Waals surface area (Å²) in [6, 6.07) is 12.8. The molecule has 0 aliphatic heterocycles. The molecule has 7 heteroatoms. The van der Waals surface area contributed by atoms with Crippen LogP contribution in [-0.2, 0) is 9.59 Å². The molecule has 2 amide bonds. The van der Waals surface area contributed by atoms with E-state index in [9.17, 15) is 14.0 Å². The molecule has 2 rings (SSSR count). The Balaban J connectivity index is 2.07. The van der Waals surface area contributed by atoms with Gasteiger partial charge in [0.15, 0.2) is 0 Å². The summed E-state index contributed by atoms with van der Waals surface area (Å²) in [4.78, 5) is 25.2. The van der Waals surface area contributed by atoms with Crippen LogP contribution in [0.4, 0.5) is 10.1 Å². The predicted molar refractivity (Wildman–Crippen MR) is 100 cm³/mol. The van der Waals surface area contributed by atoms with E-state index < -0.39 is 11.7 Å². The second-order valence-electron chi connectivity index (χ2n) is 5.86. The van der Waals surface area contributed by atoms with Gasteiger partial charge in [-0.2, -0.15) is 0 Å². The molecule has 138 valence electrons. The average molecular weight is 378 g/mol. The lowest BCUT2D eigenvalue weighted by atomic mass is 10.1. The van der Waals surface area contributed by atoms with E-state index in [1.165, 1.54) is 29.2 Å². The molecule has 2 aromatic rings. The number of nitrogens with one attached hydrogen (secondary N) is 1. The van der Waals surface area contributed by atoms with Gasteiger partial charge < -0.3 is 16.0 Å². The summed E-state index contributed by atoms with van der Waals surface area (Å²) in [7, 11) is 0. The van der Waals surface area contributed by atoms with Crippen LogP contribution in [0.1, 0.15) is 24.9 Å². The number of carbonyl (C=O) groups excluding carboxylic acids is 2. The number of benzene rings is 2. The number of anilines is 1. The smallest absolute Gasteiger partial charge is 0.240 e. The van der Waals surface area contributed by atoms with Crippen LogP contribution in [0.5, 0.6) is 0 Å². The lowest BCUT2D eigenvalue weighted by Crippen LogP contribution is -2.40. The Morgan fingerprint density at radius 3 is 2.46 bits per heavy atom. The zero-order chi connectivity index (χ0) is 19.1. The van der Waals surface area contributed by atoms with Crippen molar-refractivity contribution < 1.29 is 14.0 Å². The summed E-state index contributed by atoms with van der Waals surface area (Å²) >= 11 is 6.17. The Hall–Kier alpha value is -2.44. The Labute approximate surface area is 156 Å². The molecule has 1 atom stereocenters. The first-order chi connectivity index (χ1) is 12.4. The maximum Gasteiger partial charge on any atom is 0.240 e. The van der Waals surface area contributed by atoms with Gasteiger partial charge >= 0.3 is 0 Å². The maximum absolute atomic E-state index is 13.1. The summed E-state index contributed by atoms with van der Waals surface area (Å²) in [5.74, 6) is -1.17. The number of hydrogen-bond acceptors (Lipinski definition) is 3. The summed E-state index contributed by atoms with van der Waals surface area (Å²) < 4.78 is 13.1. The first-order valence-electron chi connectivity index (χ1n) is 8.20. The van der Waals surface area contributed by atoms with E-state index in [1.54, 1.807) is 6.07 Å². The molecule has 0 aliphatic rings. The third-order valence-corrected chi connectivity index (χ3v) is 4.30. The molecule has 0 saturated heterocycles. The maximum atomic E-state index is 13.1. The molecule has 0 radical (unpaired) electrons. The fourth-order valence-corrected chi connectivity index (χ4v) is 2.81. The molecule has 0 aliphatic carbocycles. The van der Waals surface area contributed by atoms with Crippen LogP contribution < -0.4 is 16.0 Å². The zero-order valence-electron chi connectivity index (χ0n) is 14.4. The highest BCUT2D eigenvalue weighted by Crippen LogP contribution is 2.22. The number of nitrogens with two attached hydrogens (primary N) is 1. The first-order valence-corrected chi connectivity index (χ1v) is 8.58. The summed E-state index contributed by atoms with van der Waals surface area (Å²) in [6.45, 7) is 2.06. The zero-order valence-corrected chi connectivity index (χ0v) is 15.2. The summed E-state index contributed by atoms with van der Waals surface area (Å²) in [5, 5.41) is 3.74. The molecule has 2 aromatic carbocycles. The number of amides is 2. The Morgan fingerprint density at radius 2 is 1.85 bits per heavy atom. The molecule has 0 bridgehead atoms. The van der Waals surface area contributed by atoms with Crippen LogP contribution in [0.3, 0.4) is 0 Å². The van der Waals surface area contributed by atoms with Crippen molar-refractivity contribution in [2.75, 3.05) is 18.0 Å². The number of primary amides is 1. The van der Waals surface area contributed by atoms with Crippen molar-refractivity contribution in [3.63, 3.8) is 0 Å². The van der Waals surface area contributed by atoms with Gasteiger partial charge in [-0.3, -0.25) is 9.59 Å². The van der Waals surface area contributed by atoms with E-state index in [2.05, 4.69) is 5.32 Å². The van der Waals surface area contributed by atoms with Gasteiger partial charge in [0.25, 0.3) is 0 Å². The van der Waals surface area contributed by atoms with Crippen LogP contribution >= 0.6 is 11.6 Å². The molecular weight excluding hydrogens is 357 g/mol. The molecule has 0 saturated carbocycles. The topological polar surface area (TPSA) is 75.4 Å². The van der Waals surface area contributed by atoms with Gasteiger partial charge in [-0.1, -0.05) is 29.8 Å². The number of halogens is 2. The largest absolute Gasteiger partial charge is 0.370 e. The molecule has 0 fully saturated rings. The quantitative estimate of drug-likeness (QED) is 0.742. The van der Waals surface area contributed by atoms with Crippen LogP contribution in [0.25, 0.3) is 0 Å². The van der Waals surface area contributed by atoms with E-state index >= 15 is 0 Å². The highest BCUT2D eigenvalue weighted by molar-refractivity contribution is 6.31. The fourth-order valence-electron chi connectivity index (χ4n) is 2.51. The number of carbonyl (C=O) groups is 2. The third-order valence-electron chi connectivity index (χ3n) is 3.95. The van der Waals surface area contributed by atoms with E-state index in [4.69, 9.17) is 17.3 Å². The van der Waals surface area contributed by atoms with Gasteiger partial charge in [-0.15, -0.1) is 0 Å². The summed E-state index contributed by atoms with van der Waals surface area (Å²) in [5.41, 5.74) is 6.58. The monoisotopic (exact) mass is 377 g/mol. The van der Waals surface area contributed by atoms with Crippen molar-refractivity contribution in [3.8, 4) is 0 Å². The Bertz CT molecular complexity index is 768. The molecule has 26 heavy (non-hydrogen) atoms. The Kier molecular flexibility index (Phi) is 7.12. The molecule has 0 heterocycles. The van der Waals surface area contributed by atoms with Gasteiger partial charge in [0.05, 0.1) is 6.54 Å². The van der Waals surface area contributed by atoms with Gasteiger partial charge in [0.1, 0.15) is 5.82 Å². The van der Waals surface area contributed by atoms with Crippen LogP contribution in [-0.4, -0.2) is 24.9 Å². The van der Waals surface area contributed by atoms with Crippen molar-refractivity contribution >= 4 is 29.1 Å². The predicted octanol–water partition coefficient (Wildman–Crippen LogP) is 3.04. The van der Waals surface area contributed by atoms with E-state index in [0.717, 1.165) is 5.56 Å². The van der Waals surface area contributed by atoms with Gasteiger partial charge in [0.2, 0.25) is 11.8 Å². The van der Waals surface area contributed by atoms with E-state index in [1.807, 2.05) is 25.1 Å². The number of rotatable bonds is 8.